The van der Waals surface area contributed by atoms with Gasteiger partial charge in [-0.3, -0.25) is 9.69 Å². The summed E-state index contributed by atoms with van der Waals surface area (Å²) >= 11 is 6.99. The molecule has 1 saturated heterocycles. The molecule has 39 heavy (non-hydrogen) atoms. The number of benzene rings is 2. The van der Waals surface area contributed by atoms with Crippen LogP contribution in [0.2, 0.25) is 0 Å². The van der Waals surface area contributed by atoms with Crippen LogP contribution in [0.4, 0.5) is 0 Å². The Bertz CT molecular complexity index is 1310. The minimum Gasteiger partial charge on any atom is -0.493 e. The number of hydrogen-bond donors (Lipinski definition) is 0. The molecule has 5 nitrogen and oxygen atoms in total. The molecule has 0 saturated carbocycles. The van der Waals surface area contributed by atoms with Gasteiger partial charge in [0, 0.05) is 23.9 Å². The average Bonchev–Trinajstić information content (AvgIpc) is 3.46. The molecule has 0 radical (unpaired) electrons. The van der Waals surface area contributed by atoms with E-state index in [1.54, 1.807) is 4.90 Å². The van der Waals surface area contributed by atoms with Gasteiger partial charge in [0.1, 0.15) is 15.8 Å². The fourth-order valence-corrected chi connectivity index (χ4v) is 5.83. The van der Waals surface area contributed by atoms with Crippen molar-refractivity contribution >= 4 is 40.3 Å². The number of ether oxygens (including phenoxy) is 1. The van der Waals surface area contributed by atoms with Crippen LogP contribution in [0.25, 0.3) is 23.0 Å². The summed E-state index contributed by atoms with van der Waals surface area (Å²) in [6, 6.07) is 16.2. The number of hydrogen-bond acceptors (Lipinski definition) is 5. The van der Waals surface area contributed by atoms with Crippen molar-refractivity contribution in [3.05, 3.63) is 70.8 Å². The van der Waals surface area contributed by atoms with Gasteiger partial charge in [0.2, 0.25) is 0 Å². The lowest BCUT2D eigenvalue weighted by Gasteiger charge is -2.14. The van der Waals surface area contributed by atoms with Gasteiger partial charge in [-0.2, -0.15) is 5.10 Å². The summed E-state index contributed by atoms with van der Waals surface area (Å²) < 4.78 is 8.50. The number of carbonyl (C=O) groups is 1. The highest BCUT2D eigenvalue weighted by atomic mass is 32.2. The first-order valence-electron chi connectivity index (χ1n) is 14.0. The van der Waals surface area contributed by atoms with E-state index in [0.717, 1.165) is 46.7 Å². The van der Waals surface area contributed by atoms with Crippen molar-refractivity contribution in [2.45, 2.75) is 66.2 Å². The molecule has 1 fully saturated rings. The number of rotatable bonds is 13. The summed E-state index contributed by atoms with van der Waals surface area (Å²) in [4.78, 5) is 15.8. The Balaban J connectivity index is 1.60. The van der Waals surface area contributed by atoms with Crippen molar-refractivity contribution in [2.75, 3.05) is 13.2 Å². The van der Waals surface area contributed by atoms with E-state index >= 15 is 0 Å². The molecule has 4 rings (SSSR count). The number of nitrogens with zero attached hydrogens (tertiary/aromatic N) is 3. The lowest BCUT2D eigenvalue weighted by molar-refractivity contribution is -0.122. The predicted molar refractivity (Wildman–Crippen MR) is 167 cm³/mol. The summed E-state index contributed by atoms with van der Waals surface area (Å²) in [7, 11) is 0. The van der Waals surface area contributed by atoms with E-state index in [0.29, 0.717) is 28.3 Å². The number of amides is 1. The van der Waals surface area contributed by atoms with Crippen LogP contribution in [-0.4, -0.2) is 38.1 Å². The third kappa shape index (κ3) is 7.61. The molecule has 0 atom stereocenters. The fraction of sp³-hybridized carbons (Fsp3) is 0.406. The summed E-state index contributed by atoms with van der Waals surface area (Å²) in [5, 5.41) is 4.95. The van der Waals surface area contributed by atoms with Gasteiger partial charge < -0.3 is 4.74 Å². The zero-order valence-electron chi connectivity index (χ0n) is 23.5. The number of unbranched alkanes of at least 4 members (excludes halogenated alkanes) is 5. The first kappa shape index (κ1) is 29.1. The molecule has 2 aromatic carbocycles. The van der Waals surface area contributed by atoms with Crippen LogP contribution in [0.5, 0.6) is 5.75 Å². The number of thioether (sulfide) groups is 1. The highest BCUT2D eigenvalue weighted by Crippen LogP contribution is 2.36. The van der Waals surface area contributed by atoms with Crippen molar-refractivity contribution < 1.29 is 9.53 Å². The van der Waals surface area contributed by atoms with Gasteiger partial charge in [-0.15, -0.1) is 0 Å². The lowest BCUT2D eigenvalue weighted by atomic mass is 10.0. The van der Waals surface area contributed by atoms with E-state index in [1.165, 1.54) is 37.4 Å². The van der Waals surface area contributed by atoms with Gasteiger partial charge in [-0.05, 0) is 61.2 Å². The van der Waals surface area contributed by atoms with Gasteiger partial charge in [0.15, 0.2) is 0 Å². The van der Waals surface area contributed by atoms with Gasteiger partial charge in [-0.25, -0.2) is 4.68 Å². The zero-order chi connectivity index (χ0) is 27.8. The monoisotopic (exact) mass is 561 g/mol. The summed E-state index contributed by atoms with van der Waals surface area (Å²) in [5.41, 5.74) is 4.70. The van der Waals surface area contributed by atoms with E-state index in [1.807, 2.05) is 59.4 Å². The molecule has 0 N–H and O–H groups in total. The Kier molecular flexibility index (Phi) is 10.4. The van der Waals surface area contributed by atoms with Crippen LogP contribution < -0.4 is 4.74 Å². The SMILES string of the molecule is CCCCCCCCN1C(=O)/C(=C/c2cn(-c3ccccc3)nc2-c2ccc(OCC(C)C)c(C)c2)SC1=S. The molecule has 1 amide bonds. The third-order valence-corrected chi connectivity index (χ3v) is 8.06. The first-order valence-corrected chi connectivity index (χ1v) is 15.2. The Morgan fingerprint density at radius 1 is 1.05 bits per heavy atom. The molecule has 1 aliphatic heterocycles. The maximum Gasteiger partial charge on any atom is 0.266 e. The van der Waals surface area contributed by atoms with Crippen molar-refractivity contribution in [3.8, 4) is 22.7 Å². The molecule has 0 unspecified atom stereocenters. The number of aromatic nitrogens is 2. The Morgan fingerprint density at radius 3 is 2.51 bits per heavy atom. The second-order valence-corrected chi connectivity index (χ2v) is 12.2. The molecule has 0 spiro atoms. The highest BCUT2D eigenvalue weighted by Gasteiger charge is 2.32. The molecule has 2 heterocycles. The van der Waals surface area contributed by atoms with Crippen LogP contribution in [0.1, 0.15) is 70.4 Å². The Hall–Kier alpha value is -2.90. The third-order valence-electron chi connectivity index (χ3n) is 6.68. The number of aryl methyl sites for hydroxylation is 1. The largest absolute Gasteiger partial charge is 0.493 e. The van der Waals surface area contributed by atoms with Crippen molar-refractivity contribution in [1.82, 2.24) is 14.7 Å². The van der Waals surface area contributed by atoms with Crippen molar-refractivity contribution in [2.24, 2.45) is 5.92 Å². The average molecular weight is 562 g/mol. The Labute approximate surface area is 242 Å². The number of para-hydroxylation sites is 1. The van der Waals surface area contributed by atoms with Crippen LogP contribution in [-0.2, 0) is 4.79 Å². The minimum absolute atomic E-state index is 0.00872. The quantitative estimate of drug-likeness (QED) is 0.119. The molecular formula is C32H39N3O2S2. The second kappa shape index (κ2) is 13.9. The second-order valence-electron chi connectivity index (χ2n) is 10.5. The van der Waals surface area contributed by atoms with E-state index in [9.17, 15) is 4.79 Å². The lowest BCUT2D eigenvalue weighted by Crippen LogP contribution is -2.29. The van der Waals surface area contributed by atoms with Gasteiger partial charge in [0.05, 0.1) is 17.2 Å². The topological polar surface area (TPSA) is 47.4 Å². The van der Waals surface area contributed by atoms with Crippen molar-refractivity contribution in [3.63, 3.8) is 0 Å². The number of thiocarbonyl (C=S) groups is 1. The minimum atomic E-state index is -0.00872. The molecule has 0 aliphatic carbocycles. The normalized spacial score (nSPS) is 14.7. The van der Waals surface area contributed by atoms with Crippen LogP contribution in [0.3, 0.4) is 0 Å². The van der Waals surface area contributed by atoms with Gasteiger partial charge in [0.25, 0.3) is 5.91 Å². The summed E-state index contributed by atoms with van der Waals surface area (Å²) in [6.07, 6.45) is 11.0. The van der Waals surface area contributed by atoms with E-state index in [2.05, 4.69) is 33.8 Å². The molecule has 7 heteroatoms. The first-order chi connectivity index (χ1) is 18.9. The van der Waals surface area contributed by atoms with Gasteiger partial charge >= 0.3 is 0 Å². The maximum atomic E-state index is 13.3. The Morgan fingerprint density at radius 2 is 1.79 bits per heavy atom. The van der Waals surface area contributed by atoms with Crippen LogP contribution in [0.15, 0.2) is 59.6 Å². The smallest absolute Gasteiger partial charge is 0.266 e. The fourth-order valence-electron chi connectivity index (χ4n) is 4.53. The van der Waals surface area contributed by atoms with E-state index in [-0.39, 0.29) is 5.91 Å². The predicted octanol–water partition coefficient (Wildman–Crippen LogP) is 8.44. The molecule has 206 valence electrons. The molecular weight excluding hydrogens is 523 g/mol. The number of carbonyl (C=O) groups excluding carboxylic acids is 1. The molecule has 0 bridgehead atoms. The van der Waals surface area contributed by atoms with Crippen LogP contribution in [0, 0.1) is 12.8 Å². The molecule has 1 aromatic heterocycles. The summed E-state index contributed by atoms with van der Waals surface area (Å²) in [5.74, 6) is 1.33. The molecule has 1 aliphatic rings. The van der Waals surface area contributed by atoms with Gasteiger partial charge in [-0.1, -0.05) is 95.1 Å². The van der Waals surface area contributed by atoms with Crippen molar-refractivity contribution in [1.29, 1.82) is 0 Å². The highest BCUT2D eigenvalue weighted by molar-refractivity contribution is 8.26. The zero-order valence-corrected chi connectivity index (χ0v) is 25.1. The molecule has 3 aromatic rings. The van der Waals surface area contributed by atoms with E-state index < -0.39 is 0 Å². The summed E-state index contributed by atoms with van der Waals surface area (Å²) in [6.45, 7) is 9.92. The maximum absolute atomic E-state index is 13.3. The van der Waals surface area contributed by atoms with Crippen LogP contribution >= 0.6 is 24.0 Å². The standard InChI is InChI=1S/C32H39N3O2S2/c1-5-6-7-8-9-13-18-34-31(36)29(39-32(34)38)20-26-21-35(27-14-11-10-12-15-27)33-30(26)25-16-17-28(24(4)19-25)37-22-23(2)3/h10-12,14-17,19-21,23H,5-9,13,18,22H2,1-4H3/b29-20-. The van der Waals surface area contributed by atoms with E-state index in [4.69, 9.17) is 22.1 Å².